The standard InChI is InChI=1S/C12H17ClO2/c1-8(2)7-15-10-4-5-12(13)11(6-10)9(3)14/h4-6,8-9,14H,7H2,1-3H3. The molecule has 84 valence electrons. The third-order valence-corrected chi connectivity index (χ3v) is 2.35. The maximum atomic E-state index is 9.47. The monoisotopic (exact) mass is 228 g/mol. The van der Waals surface area contributed by atoms with E-state index in [0.717, 1.165) is 5.75 Å². The van der Waals surface area contributed by atoms with Crippen LogP contribution in [0.4, 0.5) is 0 Å². The third kappa shape index (κ3) is 3.73. The number of benzene rings is 1. The number of aliphatic hydroxyl groups is 1. The van der Waals surface area contributed by atoms with Gasteiger partial charge in [-0.05, 0) is 31.0 Å². The molecule has 0 bridgehead atoms. The lowest BCUT2D eigenvalue weighted by molar-refractivity contribution is 0.198. The Morgan fingerprint density at radius 3 is 2.53 bits per heavy atom. The summed E-state index contributed by atoms with van der Waals surface area (Å²) in [6.07, 6.45) is -0.569. The largest absolute Gasteiger partial charge is 0.493 e. The highest BCUT2D eigenvalue weighted by Gasteiger charge is 2.08. The van der Waals surface area contributed by atoms with Crippen molar-refractivity contribution in [2.75, 3.05) is 6.61 Å². The van der Waals surface area contributed by atoms with Crippen molar-refractivity contribution in [2.45, 2.75) is 26.9 Å². The molecular formula is C12H17ClO2. The van der Waals surface area contributed by atoms with E-state index in [1.165, 1.54) is 0 Å². The molecule has 15 heavy (non-hydrogen) atoms. The van der Waals surface area contributed by atoms with Gasteiger partial charge in [-0.25, -0.2) is 0 Å². The van der Waals surface area contributed by atoms with Crippen LogP contribution in [0.5, 0.6) is 5.75 Å². The van der Waals surface area contributed by atoms with Crippen LogP contribution in [0, 0.1) is 5.92 Å². The molecule has 1 rings (SSSR count). The first kappa shape index (κ1) is 12.3. The number of halogens is 1. The Kier molecular flexibility index (Phi) is 4.43. The van der Waals surface area contributed by atoms with E-state index >= 15 is 0 Å². The SMILES string of the molecule is CC(C)COc1ccc(Cl)c(C(C)O)c1. The molecule has 0 heterocycles. The van der Waals surface area contributed by atoms with Crippen molar-refractivity contribution in [3.8, 4) is 5.75 Å². The van der Waals surface area contributed by atoms with Crippen molar-refractivity contribution in [3.63, 3.8) is 0 Å². The van der Waals surface area contributed by atoms with Gasteiger partial charge in [0.15, 0.2) is 0 Å². The molecule has 0 radical (unpaired) electrons. The third-order valence-electron chi connectivity index (χ3n) is 2.00. The van der Waals surface area contributed by atoms with E-state index in [1.54, 1.807) is 19.1 Å². The van der Waals surface area contributed by atoms with Crippen LogP contribution in [0.3, 0.4) is 0 Å². The lowest BCUT2D eigenvalue weighted by Gasteiger charge is -2.12. The van der Waals surface area contributed by atoms with Crippen LogP contribution in [0.1, 0.15) is 32.4 Å². The molecule has 0 fully saturated rings. The van der Waals surface area contributed by atoms with Gasteiger partial charge < -0.3 is 9.84 Å². The van der Waals surface area contributed by atoms with Crippen molar-refractivity contribution in [2.24, 2.45) is 5.92 Å². The summed E-state index contributed by atoms with van der Waals surface area (Å²) < 4.78 is 5.54. The summed E-state index contributed by atoms with van der Waals surface area (Å²) in [4.78, 5) is 0. The summed E-state index contributed by atoms with van der Waals surface area (Å²) in [6.45, 7) is 6.53. The van der Waals surface area contributed by atoms with Gasteiger partial charge in [-0.3, -0.25) is 0 Å². The van der Waals surface area contributed by atoms with Crippen molar-refractivity contribution in [1.29, 1.82) is 0 Å². The Labute approximate surface area is 95.8 Å². The smallest absolute Gasteiger partial charge is 0.119 e. The Bertz CT molecular complexity index is 321. The highest BCUT2D eigenvalue weighted by Crippen LogP contribution is 2.27. The van der Waals surface area contributed by atoms with Gasteiger partial charge in [-0.1, -0.05) is 25.4 Å². The maximum Gasteiger partial charge on any atom is 0.119 e. The molecule has 0 spiro atoms. The minimum absolute atomic E-state index is 0.482. The highest BCUT2D eigenvalue weighted by molar-refractivity contribution is 6.31. The van der Waals surface area contributed by atoms with Crippen LogP contribution in [-0.4, -0.2) is 11.7 Å². The van der Waals surface area contributed by atoms with E-state index in [9.17, 15) is 5.11 Å². The second-order valence-corrected chi connectivity index (χ2v) is 4.47. The molecule has 0 amide bonds. The number of ether oxygens (including phenoxy) is 1. The number of hydrogen-bond acceptors (Lipinski definition) is 2. The Morgan fingerprint density at radius 2 is 2.00 bits per heavy atom. The van der Waals surface area contributed by atoms with Gasteiger partial charge in [-0.2, -0.15) is 0 Å². The first-order valence-corrected chi connectivity index (χ1v) is 5.48. The molecule has 0 aliphatic rings. The van der Waals surface area contributed by atoms with E-state index in [0.29, 0.717) is 23.1 Å². The van der Waals surface area contributed by atoms with Crippen molar-refractivity contribution >= 4 is 11.6 Å². The summed E-state index contributed by atoms with van der Waals surface area (Å²) in [5.41, 5.74) is 0.706. The fourth-order valence-corrected chi connectivity index (χ4v) is 1.47. The second-order valence-electron chi connectivity index (χ2n) is 4.06. The van der Waals surface area contributed by atoms with Crippen LogP contribution in [-0.2, 0) is 0 Å². The van der Waals surface area contributed by atoms with Crippen LogP contribution < -0.4 is 4.74 Å². The fourth-order valence-electron chi connectivity index (χ4n) is 1.19. The Balaban J connectivity index is 2.78. The normalized spacial score (nSPS) is 12.9. The molecule has 0 saturated heterocycles. The predicted octanol–water partition coefficient (Wildman–Crippen LogP) is 3.43. The second kappa shape index (κ2) is 5.38. The number of hydrogen-bond donors (Lipinski definition) is 1. The molecule has 1 N–H and O–H groups in total. The van der Waals surface area contributed by atoms with E-state index in [1.807, 2.05) is 6.07 Å². The highest BCUT2D eigenvalue weighted by atomic mass is 35.5. The molecule has 1 aromatic carbocycles. The quantitative estimate of drug-likeness (QED) is 0.856. The van der Waals surface area contributed by atoms with E-state index in [-0.39, 0.29) is 0 Å². The molecular weight excluding hydrogens is 212 g/mol. The molecule has 0 saturated carbocycles. The van der Waals surface area contributed by atoms with Crippen molar-refractivity contribution < 1.29 is 9.84 Å². The first-order valence-electron chi connectivity index (χ1n) is 5.11. The van der Waals surface area contributed by atoms with Crippen LogP contribution in [0.2, 0.25) is 5.02 Å². The van der Waals surface area contributed by atoms with Crippen LogP contribution >= 0.6 is 11.6 Å². The minimum Gasteiger partial charge on any atom is -0.493 e. The average Bonchev–Trinajstić information content (AvgIpc) is 2.16. The van der Waals surface area contributed by atoms with Gasteiger partial charge >= 0.3 is 0 Å². The molecule has 0 aromatic heterocycles. The summed E-state index contributed by atoms with van der Waals surface area (Å²) in [5, 5.41) is 10.0. The predicted molar refractivity (Wildman–Crippen MR) is 62.4 cm³/mol. The summed E-state index contributed by atoms with van der Waals surface area (Å²) in [6, 6.07) is 5.35. The first-order chi connectivity index (χ1) is 7.00. The van der Waals surface area contributed by atoms with E-state index < -0.39 is 6.10 Å². The van der Waals surface area contributed by atoms with E-state index in [2.05, 4.69) is 13.8 Å². The summed E-state index contributed by atoms with van der Waals surface area (Å²) in [5.74, 6) is 1.24. The summed E-state index contributed by atoms with van der Waals surface area (Å²) in [7, 11) is 0. The van der Waals surface area contributed by atoms with Gasteiger partial charge in [0.2, 0.25) is 0 Å². The molecule has 3 heteroatoms. The zero-order chi connectivity index (χ0) is 11.4. The van der Waals surface area contributed by atoms with Gasteiger partial charge in [0.05, 0.1) is 12.7 Å². The molecule has 1 unspecified atom stereocenters. The van der Waals surface area contributed by atoms with Crippen LogP contribution in [0.15, 0.2) is 18.2 Å². The molecule has 0 aliphatic heterocycles. The topological polar surface area (TPSA) is 29.5 Å². The zero-order valence-electron chi connectivity index (χ0n) is 9.33. The van der Waals surface area contributed by atoms with Crippen molar-refractivity contribution in [3.05, 3.63) is 28.8 Å². The lowest BCUT2D eigenvalue weighted by atomic mass is 10.1. The average molecular weight is 229 g/mol. The zero-order valence-corrected chi connectivity index (χ0v) is 10.1. The number of rotatable bonds is 4. The van der Waals surface area contributed by atoms with Crippen LogP contribution in [0.25, 0.3) is 0 Å². The van der Waals surface area contributed by atoms with Crippen molar-refractivity contribution in [1.82, 2.24) is 0 Å². The molecule has 0 aliphatic carbocycles. The fraction of sp³-hybridized carbons (Fsp3) is 0.500. The Hall–Kier alpha value is -0.730. The molecule has 2 nitrogen and oxygen atoms in total. The molecule has 1 aromatic rings. The Morgan fingerprint density at radius 1 is 1.33 bits per heavy atom. The van der Waals surface area contributed by atoms with Gasteiger partial charge in [0, 0.05) is 10.6 Å². The molecule has 1 atom stereocenters. The van der Waals surface area contributed by atoms with Gasteiger partial charge in [0.25, 0.3) is 0 Å². The van der Waals surface area contributed by atoms with E-state index in [4.69, 9.17) is 16.3 Å². The summed E-state index contributed by atoms with van der Waals surface area (Å²) >= 11 is 5.94. The van der Waals surface area contributed by atoms with Gasteiger partial charge in [0.1, 0.15) is 5.75 Å². The van der Waals surface area contributed by atoms with Gasteiger partial charge in [-0.15, -0.1) is 0 Å². The lowest BCUT2D eigenvalue weighted by Crippen LogP contribution is -2.05. The minimum atomic E-state index is -0.569. The number of aliphatic hydroxyl groups excluding tert-OH is 1. The maximum absolute atomic E-state index is 9.47.